The average Bonchev–Trinajstić information content (AvgIpc) is 2.20. The molecule has 0 saturated carbocycles. The maximum atomic E-state index is 10.6. The van der Waals surface area contributed by atoms with Crippen molar-refractivity contribution in [3.8, 4) is 17.9 Å². The first-order valence-electron chi connectivity index (χ1n) is 4.26. The van der Waals surface area contributed by atoms with Crippen LogP contribution in [-0.2, 0) is 0 Å². The molecule has 0 heterocycles. The summed E-state index contributed by atoms with van der Waals surface area (Å²) < 4.78 is 0. The van der Waals surface area contributed by atoms with E-state index < -0.39 is 4.92 Å². The van der Waals surface area contributed by atoms with Gasteiger partial charge in [-0.15, -0.1) is 0 Å². The normalized spacial score (nSPS) is 8.53. The number of rotatable bonds is 1. The number of nitro benzene ring substituents is 1. The summed E-state index contributed by atoms with van der Waals surface area (Å²) in [6, 6.07) is 6.64. The monoisotopic (exact) mass is 200 g/mol. The van der Waals surface area contributed by atoms with Gasteiger partial charge in [0.15, 0.2) is 0 Å². The molecule has 1 rings (SSSR count). The molecule has 0 aliphatic heterocycles. The highest BCUT2D eigenvalue weighted by Crippen LogP contribution is 2.18. The Morgan fingerprint density at radius 3 is 2.87 bits per heavy atom. The van der Waals surface area contributed by atoms with E-state index in [0.29, 0.717) is 11.1 Å². The summed E-state index contributed by atoms with van der Waals surface area (Å²) >= 11 is 0. The van der Waals surface area contributed by atoms with Crippen LogP contribution in [-0.4, -0.2) is 4.92 Å². The second-order valence-electron chi connectivity index (χ2n) is 2.90. The fraction of sp³-hybridized carbons (Fsp3) is 0.182. The topological polar surface area (TPSA) is 66.9 Å². The van der Waals surface area contributed by atoms with E-state index in [1.165, 1.54) is 6.07 Å². The van der Waals surface area contributed by atoms with Crippen molar-refractivity contribution in [1.82, 2.24) is 0 Å². The van der Waals surface area contributed by atoms with Crippen molar-refractivity contribution >= 4 is 5.69 Å². The molecule has 0 radical (unpaired) electrons. The fourth-order valence-corrected chi connectivity index (χ4v) is 1.07. The van der Waals surface area contributed by atoms with Crippen LogP contribution in [0.3, 0.4) is 0 Å². The van der Waals surface area contributed by atoms with E-state index in [4.69, 9.17) is 5.26 Å². The van der Waals surface area contributed by atoms with Crippen molar-refractivity contribution in [2.24, 2.45) is 0 Å². The first-order valence-corrected chi connectivity index (χ1v) is 4.26. The van der Waals surface area contributed by atoms with Crippen LogP contribution in [0.2, 0.25) is 0 Å². The summed E-state index contributed by atoms with van der Waals surface area (Å²) in [5.41, 5.74) is 1.21. The molecule has 1 aromatic rings. The minimum Gasteiger partial charge on any atom is -0.258 e. The van der Waals surface area contributed by atoms with Gasteiger partial charge in [0.25, 0.3) is 5.69 Å². The largest absolute Gasteiger partial charge is 0.273 e. The zero-order valence-electron chi connectivity index (χ0n) is 8.15. The number of hydrogen-bond donors (Lipinski definition) is 0. The van der Waals surface area contributed by atoms with Gasteiger partial charge in [-0.3, -0.25) is 10.1 Å². The Kier molecular flexibility index (Phi) is 3.43. The smallest absolute Gasteiger partial charge is 0.258 e. The van der Waals surface area contributed by atoms with Gasteiger partial charge < -0.3 is 0 Å². The Morgan fingerprint density at radius 1 is 1.53 bits per heavy atom. The Balaban J connectivity index is 3.05. The Hall–Kier alpha value is -2.33. The van der Waals surface area contributed by atoms with Crippen molar-refractivity contribution in [2.75, 3.05) is 0 Å². The Labute approximate surface area is 87.3 Å². The van der Waals surface area contributed by atoms with Gasteiger partial charge >= 0.3 is 0 Å². The SMILES string of the molecule is Cc1ccc(C#CCC#N)cc1[N+](=O)[O-]. The van der Waals surface area contributed by atoms with E-state index in [-0.39, 0.29) is 12.1 Å². The third kappa shape index (κ3) is 2.82. The number of aryl methyl sites for hydroxylation is 1. The molecule has 74 valence electrons. The Bertz CT molecular complexity index is 490. The summed E-state index contributed by atoms with van der Waals surface area (Å²) in [5.74, 6) is 5.29. The molecule has 0 N–H and O–H groups in total. The van der Waals surface area contributed by atoms with E-state index in [9.17, 15) is 10.1 Å². The van der Waals surface area contributed by atoms with E-state index >= 15 is 0 Å². The van der Waals surface area contributed by atoms with Crippen LogP contribution >= 0.6 is 0 Å². The van der Waals surface area contributed by atoms with E-state index in [2.05, 4.69) is 11.8 Å². The molecule has 0 bridgehead atoms. The van der Waals surface area contributed by atoms with E-state index in [1.54, 1.807) is 19.1 Å². The molecule has 4 nitrogen and oxygen atoms in total. The lowest BCUT2D eigenvalue weighted by Gasteiger charge is -1.96. The van der Waals surface area contributed by atoms with Crippen LogP contribution < -0.4 is 0 Å². The summed E-state index contributed by atoms with van der Waals surface area (Å²) in [7, 11) is 0. The molecule has 0 unspecified atom stereocenters. The van der Waals surface area contributed by atoms with Gasteiger partial charge in [0.05, 0.1) is 17.4 Å². The highest BCUT2D eigenvalue weighted by molar-refractivity contribution is 5.48. The van der Waals surface area contributed by atoms with E-state index in [0.717, 1.165) is 0 Å². The molecule has 0 amide bonds. The maximum Gasteiger partial charge on any atom is 0.273 e. The van der Waals surface area contributed by atoms with Gasteiger partial charge in [-0.2, -0.15) is 5.26 Å². The number of nitriles is 1. The lowest BCUT2D eigenvalue weighted by molar-refractivity contribution is -0.385. The molecule has 0 fully saturated rings. The highest BCUT2D eigenvalue weighted by Gasteiger charge is 2.09. The minimum atomic E-state index is -0.440. The predicted octanol–water partition coefficient (Wildman–Crippen LogP) is 2.17. The molecule has 1 aromatic carbocycles. The maximum absolute atomic E-state index is 10.6. The molecule has 15 heavy (non-hydrogen) atoms. The number of nitro groups is 1. The van der Waals surface area contributed by atoms with Crippen molar-refractivity contribution < 1.29 is 4.92 Å². The Morgan fingerprint density at radius 2 is 2.27 bits per heavy atom. The van der Waals surface area contributed by atoms with Crippen molar-refractivity contribution in [3.63, 3.8) is 0 Å². The third-order valence-electron chi connectivity index (χ3n) is 1.81. The zero-order valence-corrected chi connectivity index (χ0v) is 8.15. The lowest BCUT2D eigenvalue weighted by Crippen LogP contribution is -1.92. The van der Waals surface area contributed by atoms with Crippen molar-refractivity contribution in [2.45, 2.75) is 13.3 Å². The number of benzene rings is 1. The van der Waals surface area contributed by atoms with Crippen LogP contribution in [0.4, 0.5) is 5.69 Å². The van der Waals surface area contributed by atoms with Crippen molar-refractivity contribution in [3.05, 3.63) is 39.4 Å². The summed E-state index contributed by atoms with van der Waals surface area (Å²) in [5, 5.41) is 18.9. The second-order valence-corrected chi connectivity index (χ2v) is 2.90. The number of nitrogens with zero attached hydrogens (tertiary/aromatic N) is 2. The van der Waals surface area contributed by atoms with Gasteiger partial charge in [0.2, 0.25) is 0 Å². The highest BCUT2D eigenvalue weighted by atomic mass is 16.6. The van der Waals surface area contributed by atoms with Gasteiger partial charge in [-0.25, -0.2) is 0 Å². The van der Waals surface area contributed by atoms with Crippen LogP contribution in [0.5, 0.6) is 0 Å². The number of hydrogen-bond acceptors (Lipinski definition) is 3. The quantitative estimate of drug-likeness (QED) is 0.396. The molecule has 0 spiro atoms. The molecule has 0 atom stereocenters. The standard InChI is InChI=1S/C11H8N2O2/c1-9-5-6-10(4-2-3-7-12)8-11(9)13(14)15/h5-6,8H,3H2,1H3. The summed E-state index contributed by atoms with van der Waals surface area (Å²) in [6.45, 7) is 1.67. The molecular formula is C11H8N2O2. The molecular weight excluding hydrogens is 192 g/mol. The third-order valence-corrected chi connectivity index (χ3v) is 1.81. The second kappa shape index (κ2) is 4.78. The lowest BCUT2D eigenvalue weighted by atomic mass is 10.1. The predicted molar refractivity (Wildman–Crippen MR) is 54.9 cm³/mol. The van der Waals surface area contributed by atoms with Crippen LogP contribution in [0.25, 0.3) is 0 Å². The average molecular weight is 200 g/mol. The zero-order chi connectivity index (χ0) is 11.3. The van der Waals surface area contributed by atoms with Gasteiger partial charge in [-0.05, 0) is 13.0 Å². The van der Waals surface area contributed by atoms with Gasteiger partial charge in [-0.1, -0.05) is 17.9 Å². The molecule has 0 aromatic heterocycles. The van der Waals surface area contributed by atoms with Gasteiger partial charge in [0, 0.05) is 17.2 Å². The van der Waals surface area contributed by atoms with Crippen LogP contribution in [0.15, 0.2) is 18.2 Å². The molecule has 4 heteroatoms. The first-order chi connectivity index (χ1) is 7.15. The molecule has 0 aliphatic carbocycles. The van der Waals surface area contributed by atoms with E-state index in [1.807, 2.05) is 6.07 Å². The molecule has 0 saturated heterocycles. The minimum absolute atomic E-state index is 0.0544. The fourth-order valence-electron chi connectivity index (χ4n) is 1.07. The molecule has 0 aliphatic rings. The van der Waals surface area contributed by atoms with Crippen LogP contribution in [0.1, 0.15) is 17.5 Å². The van der Waals surface area contributed by atoms with Crippen molar-refractivity contribution in [1.29, 1.82) is 5.26 Å². The van der Waals surface area contributed by atoms with Crippen LogP contribution in [0, 0.1) is 40.2 Å². The van der Waals surface area contributed by atoms with Gasteiger partial charge in [0.1, 0.15) is 0 Å². The first kappa shape index (κ1) is 10.7. The summed E-state index contributed by atoms with van der Waals surface area (Å²) in [4.78, 5) is 10.2. The summed E-state index contributed by atoms with van der Waals surface area (Å²) in [6.07, 6.45) is 0.127.